The molecule has 1 saturated carbocycles. The molecule has 2 rings (SSSR count). The topological polar surface area (TPSA) is 118 Å². The largest absolute Gasteiger partial charge is 0.326 e. The maximum Gasteiger partial charge on any atom is 0.240 e. The number of hydrogen-bond donors (Lipinski definition) is 3. The molecular formula is C13H21ClFN3O4S2. The second-order valence-electron chi connectivity index (χ2n) is 5.50. The highest BCUT2D eigenvalue weighted by Crippen LogP contribution is 2.31. The molecule has 0 amide bonds. The van der Waals surface area contributed by atoms with Gasteiger partial charge < -0.3 is 5.73 Å². The van der Waals surface area contributed by atoms with E-state index in [0.717, 1.165) is 31.0 Å². The molecule has 1 aliphatic rings. The fourth-order valence-corrected chi connectivity index (χ4v) is 3.70. The highest BCUT2D eigenvalue weighted by Gasteiger charge is 2.29. The van der Waals surface area contributed by atoms with Gasteiger partial charge in [-0.05, 0) is 43.9 Å². The van der Waals surface area contributed by atoms with Crippen molar-refractivity contribution in [3.63, 3.8) is 0 Å². The van der Waals surface area contributed by atoms with E-state index in [1.54, 1.807) is 0 Å². The molecule has 1 unspecified atom stereocenters. The van der Waals surface area contributed by atoms with E-state index in [-0.39, 0.29) is 41.3 Å². The average molecular weight is 402 g/mol. The Bertz CT molecular complexity index is 782. The lowest BCUT2D eigenvalue weighted by Crippen LogP contribution is -2.38. The van der Waals surface area contributed by atoms with Gasteiger partial charge in [-0.25, -0.2) is 25.9 Å². The van der Waals surface area contributed by atoms with E-state index in [9.17, 15) is 21.2 Å². The van der Waals surface area contributed by atoms with Gasteiger partial charge in [-0.2, -0.15) is 0 Å². The summed E-state index contributed by atoms with van der Waals surface area (Å²) in [6.07, 6.45) is 1.98. The SMILES string of the molecule is CCS(=O)(=O)Nc1ccc(S(=O)(=O)NCC(N)C2CC2)cc1F.Cl. The molecule has 4 N–H and O–H groups in total. The molecular weight excluding hydrogens is 381 g/mol. The number of nitrogens with two attached hydrogens (primary N) is 1. The standard InChI is InChI=1S/C13H20FN3O4S2.ClH/c1-2-22(18,19)17-13-6-5-10(7-11(13)14)23(20,21)16-8-12(15)9-3-4-9;/h5-7,9,12,16-17H,2-4,8,15H2,1H3;1H. The van der Waals surface area contributed by atoms with Crippen molar-refractivity contribution in [2.45, 2.75) is 30.7 Å². The van der Waals surface area contributed by atoms with E-state index in [2.05, 4.69) is 9.44 Å². The summed E-state index contributed by atoms with van der Waals surface area (Å²) in [5, 5.41) is 0. The summed E-state index contributed by atoms with van der Waals surface area (Å²) < 4.78 is 65.4. The van der Waals surface area contributed by atoms with Crippen molar-refractivity contribution in [2.24, 2.45) is 11.7 Å². The second-order valence-corrected chi connectivity index (χ2v) is 9.28. The van der Waals surface area contributed by atoms with Gasteiger partial charge in [-0.1, -0.05) is 0 Å². The summed E-state index contributed by atoms with van der Waals surface area (Å²) in [6, 6.07) is 2.74. The van der Waals surface area contributed by atoms with Gasteiger partial charge in [0, 0.05) is 12.6 Å². The van der Waals surface area contributed by atoms with Crippen LogP contribution in [0.15, 0.2) is 23.1 Å². The van der Waals surface area contributed by atoms with Crippen LogP contribution in [0.4, 0.5) is 10.1 Å². The van der Waals surface area contributed by atoms with Crippen LogP contribution in [-0.4, -0.2) is 35.2 Å². The molecule has 1 aliphatic carbocycles. The Hall–Kier alpha value is -0.940. The number of halogens is 2. The van der Waals surface area contributed by atoms with Crippen molar-refractivity contribution >= 4 is 38.1 Å². The summed E-state index contributed by atoms with van der Waals surface area (Å²) in [7, 11) is -7.54. The highest BCUT2D eigenvalue weighted by atomic mass is 35.5. The van der Waals surface area contributed by atoms with Crippen molar-refractivity contribution in [3.8, 4) is 0 Å². The molecule has 0 saturated heterocycles. The molecule has 7 nitrogen and oxygen atoms in total. The van der Waals surface area contributed by atoms with Crippen molar-refractivity contribution in [1.82, 2.24) is 4.72 Å². The Balaban J connectivity index is 0.00000288. The minimum atomic E-state index is -3.90. The number of anilines is 1. The van der Waals surface area contributed by atoms with Gasteiger partial charge in [0.2, 0.25) is 20.0 Å². The maximum atomic E-state index is 13.9. The Kier molecular flexibility index (Phi) is 7.00. The quantitative estimate of drug-likeness (QED) is 0.601. The normalized spacial score (nSPS) is 16.3. The fourth-order valence-electron chi connectivity index (χ4n) is 1.97. The maximum absolute atomic E-state index is 13.9. The first-order chi connectivity index (χ1) is 10.6. The molecule has 0 radical (unpaired) electrons. The minimum absolute atomic E-state index is 0. The number of benzene rings is 1. The summed E-state index contributed by atoms with van der Waals surface area (Å²) >= 11 is 0. The highest BCUT2D eigenvalue weighted by molar-refractivity contribution is 7.92. The molecule has 0 heterocycles. The summed E-state index contributed by atoms with van der Waals surface area (Å²) in [4.78, 5) is -0.280. The molecule has 0 bridgehead atoms. The molecule has 138 valence electrons. The van der Waals surface area contributed by atoms with Gasteiger partial charge in [-0.3, -0.25) is 4.72 Å². The molecule has 1 aromatic carbocycles. The van der Waals surface area contributed by atoms with Gasteiger partial charge in [0.1, 0.15) is 5.82 Å². The number of rotatable bonds is 8. The van der Waals surface area contributed by atoms with E-state index in [0.29, 0.717) is 5.92 Å². The molecule has 0 aliphatic heterocycles. The Labute approximate surface area is 147 Å². The van der Waals surface area contributed by atoms with Gasteiger partial charge in [0.05, 0.1) is 16.3 Å². The van der Waals surface area contributed by atoms with Crippen LogP contribution < -0.4 is 15.2 Å². The van der Waals surface area contributed by atoms with Gasteiger partial charge in [-0.15, -0.1) is 12.4 Å². The van der Waals surface area contributed by atoms with Crippen LogP contribution in [0.5, 0.6) is 0 Å². The first kappa shape index (κ1) is 21.1. The van der Waals surface area contributed by atoms with E-state index in [1.807, 2.05) is 0 Å². The average Bonchev–Trinajstić information content (AvgIpc) is 3.31. The van der Waals surface area contributed by atoms with Gasteiger partial charge in [0.25, 0.3) is 0 Å². The van der Waals surface area contributed by atoms with Gasteiger partial charge >= 0.3 is 0 Å². The predicted molar refractivity (Wildman–Crippen MR) is 92.6 cm³/mol. The van der Waals surface area contributed by atoms with Crippen LogP contribution in [0.25, 0.3) is 0 Å². The van der Waals surface area contributed by atoms with E-state index in [4.69, 9.17) is 5.73 Å². The van der Waals surface area contributed by atoms with Crippen LogP contribution in [-0.2, 0) is 20.0 Å². The van der Waals surface area contributed by atoms with Crippen molar-refractivity contribution in [2.75, 3.05) is 17.0 Å². The Morgan fingerprint density at radius 1 is 1.29 bits per heavy atom. The summed E-state index contributed by atoms with van der Waals surface area (Å²) in [5.74, 6) is -0.843. The van der Waals surface area contributed by atoms with Crippen LogP contribution in [0, 0.1) is 11.7 Å². The lowest BCUT2D eigenvalue weighted by atomic mass is 10.2. The summed E-state index contributed by atoms with van der Waals surface area (Å²) in [6.45, 7) is 1.49. The zero-order valence-electron chi connectivity index (χ0n) is 13.0. The van der Waals surface area contributed by atoms with Crippen molar-refractivity contribution in [1.29, 1.82) is 0 Å². The van der Waals surface area contributed by atoms with Crippen molar-refractivity contribution in [3.05, 3.63) is 24.0 Å². The zero-order chi connectivity index (χ0) is 17.3. The fraction of sp³-hybridized carbons (Fsp3) is 0.538. The first-order valence-electron chi connectivity index (χ1n) is 7.20. The van der Waals surface area contributed by atoms with E-state index in [1.165, 1.54) is 6.92 Å². The number of nitrogens with one attached hydrogen (secondary N) is 2. The van der Waals surface area contributed by atoms with Crippen LogP contribution in [0.2, 0.25) is 0 Å². The third-order valence-electron chi connectivity index (χ3n) is 3.63. The molecule has 1 fully saturated rings. The van der Waals surface area contributed by atoms with E-state index < -0.39 is 25.9 Å². The number of sulfonamides is 2. The van der Waals surface area contributed by atoms with Crippen LogP contribution >= 0.6 is 12.4 Å². The molecule has 1 aromatic rings. The summed E-state index contributed by atoms with van der Waals surface area (Å²) in [5.41, 5.74) is 5.53. The molecule has 24 heavy (non-hydrogen) atoms. The molecule has 0 spiro atoms. The smallest absolute Gasteiger partial charge is 0.240 e. The van der Waals surface area contributed by atoms with Crippen LogP contribution in [0.1, 0.15) is 19.8 Å². The zero-order valence-corrected chi connectivity index (χ0v) is 15.5. The molecule has 1 atom stereocenters. The third kappa shape index (κ3) is 5.55. The predicted octanol–water partition coefficient (Wildman–Crippen LogP) is 1.02. The van der Waals surface area contributed by atoms with Gasteiger partial charge in [0.15, 0.2) is 0 Å². The Morgan fingerprint density at radius 2 is 1.92 bits per heavy atom. The molecule has 0 aromatic heterocycles. The lowest BCUT2D eigenvalue weighted by molar-refractivity contribution is 0.546. The third-order valence-corrected chi connectivity index (χ3v) is 6.35. The van der Waals surface area contributed by atoms with E-state index >= 15 is 0 Å². The molecule has 11 heteroatoms. The number of hydrogen-bond acceptors (Lipinski definition) is 5. The minimum Gasteiger partial charge on any atom is -0.326 e. The van der Waals surface area contributed by atoms with Crippen molar-refractivity contribution < 1.29 is 21.2 Å². The monoisotopic (exact) mass is 401 g/mol. The lowest BCUT2D eigenvalue weighted by Gasteiger charge is -2.13. The first-order valence-corrected chi connectivity index (χ1v) is 10.3. The Morgan fingerprint density at radius 3 is 2.42 bits per heavy atom. The second kappa shape index (κ2) is 7.96. The van der Waals surface area contributed by atoms with Crippen LogP contribution in [0.3, 0.4) is 0 Å².